The molecule has 0 saturated carbocycles. The van der Waals surface area contributed by atoms with Crippen LogP contribution in [-0.2, 0) is 24.1 Å². The van der Waals surface area contributed by atoms with E-state index < -0.39 is 34.0 Å². The van der Waals surface area contributed by atoms with E-state index in [0.717, 1.165) is 6.08 Å². The van der Waals surface area contributed by atoms with Crippen LogP contribution in [0.4, 0.5) is 0 Å². The van der Waals surface area contributed by atoms with Crippen molar-refractivity contribution in [1.29, 1.82) is 0 Å². The Kier molecular flexibility index (Phi) is 7.35. The molecule has 0 amide bonds. The molecule has 20 heavy (non-hydrogen) atoms. The number of hydrogen-bond acceptors (Lipinski definition) is 6. The third-order valence-corrected chi connectivity index (χ3v) is 3.44. The second kappa shape index (κ2) is 7.72. The predicted octanol–water partition coefficient (Wildman–Crippen LogP) is 1.09. The molecule has 0 fully saturated rings. The molecular formula is C12H22O7S. The minimum Gasteiger partial charge on any atom is -0.463 e. The smallest absolute Gasteiger partial charge is 0.397 e. The van der Waals surface area contributed by atoms with E-state index in [4.69, 9.17) is 9.29 Å². The zero-order valence-corrected chi connectivity index (χ0v) is 12.7. The van der Waals surface area contributed by atoms with Crippen molar-refractivity contribution in [3.05, 3.63) is 12.7 Å². The summed E-state index contributed by atoms with van der Waals surface area (Å²) in [7, 11) is -4.61. The van der Waals surface area contributed by atoms with Crippen LogP contribution in [0.25, 0.3) is 0 Å². The van der Waals surface area contributed by atoms with Crippen LogP contribution in [-0.4, -0.2) is 42.9 Å². The summed E-state index contributed by atoms with van der Waals surface area (Å²) in [4.78, 5) is 10.8. The Labute approximate surface area is 119 Å². The molecule has 0 aliphatic heterocycles. The molecular weight excluding hydrogens is 288 g/mol. The lowest BCUT2D eigenvalue weighted by Gasteiger charge is -2.33. The average molecular weight is 310 g/mol. The predicted molar refractivity (Wildman–Crippen MR) is 72.3 cm³/mol. The first kappa shape index (κ1) is 19.0. The molecule has 0 aromatic rings. The number of carbonyl (C=O) groups excluding carboxylic acids is 1. The van der Waals surface area contributed by atoms with Gasteiger partial charge in [0.1, 0.15) is 6.10 Å². The SMILES string of the molecule is C=CC(=O)OCCCC(C)(C)C(O)C(C)OS(=O)(=O)O. The second-order valence-corrected chi connectivity index (χ2v) is 6.19. The fourth-order valence-corrected chi connectivity index (χ4v) is 2.28. The van der Waals surface area contributed by atoms with E-state index in [0.29, 0.717) is 12.8 Å². The zero-order chi connectivity index (χ0) is 16.0. The highest BCUT2D eigenvalue weighted by molar-refractivity contribution is 7.80. The van der Waals surface area contributed by atoms with Crippen molar-refractivity contribution in [2.75, 3.05) is 6.61 Å². The summed E-state index contributed by atoms with van der Waals surface area (Å²) in [6, 6.07) is 0. The van der Waals surface area contributed by atoms with Gasteiger partial charge in [-0.3, -0.25) is 4.55 Å². The molecule has 118 valence electrons. The molecule has 7 nitrogen and oxygen atoms in total. The van der Waals surface area contributed by atoms with Crippen molar-refractivity contribution in [2.24, 2.45) is 5.41 Å². The molecule has 2 atom stereocenters. The molecule has 2 unspecified atom stereocenters. The van der Waals surface area contributed by atoms with Gasteiger partial charge in [-0.25, -0.2) is 8.98 Å². The Balaban J connectivity index is 4.33. The molecule has 0 heterocycles. The van der Waals surface area contributed by atoms with Crippen LogP contribution in [0.15, 0.2) is 12.7 Å². The van der Waals surface area contributed by atoms with Gasteiger partial charge in [-0.2, -0.15) is 8.42 Å². The Bertz CT molecular complexity index is 427. The van der Waals surface area contributed by atoms with E-state index in [1.165, 1.54) is 6.92 Å². The van der Waals surface area contributed by atoms with Gasteiger partial charge < -0.3 is 9.84 Å². The maximum absolute atomic E-state index is 10.8. The molecule has 0 aliphatic rings. The van der Waals surface area contributed by atoms with E-state index in [9.17, 15) is 18.3 Å². The van der Waals surface area contributed by atoms with Crippen LogP contribution in [0.5, 0.6) is 0 Å². The topological polar surface area (TPSA) is 110 Å². The number of ether oxygens (including phenoxy) is 1. The van der Waals surface area contributed by atoms with Gasteiger partial charge in [0.05, 0.1) is 12.7 Å². The Morgan fingerprint density at radius 3 is 2.45 bits per heavy atom. The van der Waals surface area contributed by atoms with Crippen LogP contribution in [0.1, 0.15) is 33.6 Å². The summed E-state index contributed by atoms with van der Waals surface area (Å²) in [6.07, 6.45) is -0.183. The molecule has 0 aromatic carbocycles. The lowest BCUT2D eigenvalue weighted by atomic mass is 9.80. The van der Waals surface area contributed by atoms with Crippen LogP contribution in [0.3, 0.4) is 0 Å². The monoisotopic (exact) mass is 310 g/mol. The van der Waals surface area contributed by atoms with Gasteiger partial charge in [-0.1, -0.05) is 20.4 Å². The first-order valence-electron chi connectivity index (χ1n) is 6.12. The number of aliphatic hydroxyl groups is 1. The van der Waals surface area contributed by atoms with E-state index in [1.54, 1.807) is 13.8 Å². The van der Waals surface area contributed by atoms with Crippen molar-refractivity contribution in [1.82, 2.24) is 0 Å². The molecule has 0 radical (unpaired) electrons. The fourth-order valence-electron chi connectivity index (χ4n) is 1.79. The minimum atomic E-state index is -4.61. The highest BCUT2D eigenvalue weighted by atomic mass is 32.3. The first-order valence-corrected chi connectivity index (χ1v) is 7.49. The summed E-state index contributed by atoms with van der Waals surface area (Å²) in [5, 5.41) is 10.0. The summed E-state index contributed by atoms with van der Waals surface area (Å²) in [5.74, 6) is -0.522. The number of hydrogen-bond donors (Lipinski definition) is 2. The normalized spacial score (nSPS) is 15.4. The molecule has 0 saturated heterocycles. The van der Waals surface area contributed by atoms with Gasteiger partial charge in [-0.15, -0.1) is 0 Å². The molecule has 8 heteroatoms. The van der Waals surface area contributed by atoms with Crippen LogP contribution in [0, 0.1) is 5.41 Å². The summed E-state index contributed by atoms with van der Waals surface area (Å²) < 4.78 is 38.9. The minimum absolute atomic E-state index is 0.175. The first-order chi connectivity index (χ1) is 8.99. The van der Waals surface area contributed by atoms with Gasteiger partial charge in [-0.05, 0) is 25.2 Å². The van der Waals surface area contributed by atoms with Crippen LogP contribution >= 0.6 is 0 Å². The van der Waals surface area contributed by atoms with Crippen molar-refractivity contribution in [3.63, 3.8) is 0 Å². The standard InChI is InChI=1S/C12H22O7S/c1-5-10(13)18-8-6-7-12(3,4)11(14)9(2)19-20(15,16)17/h5,9,11,14H,1,6-8H2,2-4H3,(H,15,16,17). The molecule has 0 aliphatic carbocycles. The van der Waals surface area contributed by atoms with Gasteiger partial charge in [0.25, 0.3) is 0 Å². The number of esters is 1. The number of carbonyl (C=O) groups is 1. The third-order valence-electron chi connectivity index (χ3n) is 2.90. The number of rotatable bonds is 9. The van der Waals surface area contributed by atoms with Crippen molar-refractivity contribution in [2.45, 2.75) is 45.8 Å². The van der Waals surface area contributed by atoms with Gasteiger partial charge >= 0.3 is 16.4 Å². The Morgan fingerprint density at radius 2 is 2.00 bits per heavy atom. The molecule has 0 spiro atoms. The van der Waals surface area contributed by atoms with Gasteiger partial charge in [0, 0.05) is 6.08 Å². The van der Waals surface area contributed by atoms with Crippen LogP contribution in [0.2, 0.25) is 0 Å². The van der Waals surface area contributed by atoms with Gasteiger partial charge in [0.15, 0.2) is 0 Å². The van der Waals surface area contributed by atoms with Crippen molar-refractivity contribution in [3.8, 4) is 0 Å². The van der Waals surface area contributed by atoms with E-state index in [2.05, 4.69) is 10.8 Å². The molecule has 2 N–H and O–H groups in total. The largest absolute Gasteiger partial charge is 0.463 e. The highest BCUT2D eigenvalue weighted by Crippen LogP contribution is 2.30. The third kappa shape index (κ3) is 7.59. The number of aliphatic hydroxyl groups excluding tert-OH is 1. The van der Waals surface area contributed by atoms with Gasteiger partial charge in [0.2, 0.25) is 0 Å². The maximum atomic E-state index is 10.8. The summed E-state index contributed by atoms with van der Waals surface area (Å²) in [6.45, 7) is 8.22. The van der Waals surface area contributed by atoms with E-state index in [-0.39, 0.29) is 6.61 Å². The molecule has 0 aromatic heterocycles. The maximum Gasteiger partial charge on any atom is 0.397 e. The Hall–Kier alpha value is -0.960. The summed E-state index contributed by atoms with van der Waals surface area (Å²) >= 11 is 0. The van der Waals surface area contributed by atoms with Crippen molar-refractivity contribution < 1.29 is 31.8 Å². The quantitative estimate of drug-likeness (QED) is 0.284. The van der Waals surface area contributed by atoms with E-state index >= 15 is 0 Å². The lowest BCUT2D eigenvalue weighted by molar-refractivity contribution is -0.138. The lowest BCUT2D eigenvalue weighted by Crippen LogP contribution is -2.40. The molecule has 0 rings (SSSR count). The Morgan fingerprint density at radius 1 is 1.45 bits per heavy atom. The zero-order valence-electron chi connectivity index (χ0n) is 11.9. The second-order valence-electron chi connectivity index (χ2n) is 5.14. The summed E-state index contributed by atoms with van der Waals surface area (Å²) in [5.41, 5.74) is -0.676. The van der Waals surface area contributed by atoms with Crippen molar-refractivity contribution >= 4 is 16.4 Å². The average Bonchev–Trinajstić information content (AvgIpc) is 2.31. The highest BCUT2D eigenvalue weighted by Gasteiger charge is 2.34. The fraction of sp³-hybridized carbons (Fsp3) is 0.750. The van der Waals surface area contributed by atoms with Crippen LogP contribution < -0.4 is 0 Å². The van der Waals surface area contributed by atoms with E-state index in [1.807, 2.05) is 0 Å². The molecule has 0 bridgehead atoms.